The molecule has 4 aliphatic carbocycles. The largest absolute Gasteiger partial charge is 0.449 e. The molecular formula is C24H36N2O3. The Kier molecular flexibility index (Phi) is 5.39. The Bertz CT molecular complexity index is 770. The summed E-state index contributed by atoms with van der Waals surface area (Å²) in [6.07, 6.45) is 11.8. The maximum absolute atomic E-state index is 11.6. The van der Waals surface area contributed by atoms with Crippen LogP contribution in [0.2, 0.25) is 0 Å². The van der Waals surface area contributed by atoms with Gasteiger partial charge in [-0.2, -0.15) is 5.10 Å². The molecule has 2 N–H and O–H groups in total. The average Bonchev–Trinajstić information content (AvgIpc) is 3.04. The number of nitrogens with zero attached hydrogens (tertiary/aromatic N) is 1. The van der Waals surface area contributed by atoms with Gasteiger partial charge in [0.05, 0.1) is 18.4 Å². The molecule has 4 rings (SSSR count). The molecule has 0 aromatic rings. The van der Waals surface area contributed by atoms with Crippen LogP contribution >= 0.6 is 0 Å². The summed E-state index contributed by atoms with van der Waals surface area (Å²) in [5.41, 5.74) is 6.64. The summed E-state index contributed by atoms with van der Waals surface area (Å²) in [6, 6.07) is 0. The number of aliphatic hydroxyl groups is 1. The molecule has 160 valence electrons. The molecule has 6 atom stereocenters. The Morgan fingerprint density at radius 2 is 1.97 bits per heavy atom. The molecule has 4 aliphatic rings. The van der Waals surface area contributed by atoms with Crippen molar-refractivity contribution in [3.8, 4) is 0 Å². The monoisotopic (exact) mass is 400 g/mol. The summed E-state index contributed by atoms with van der Waals surface area (Å²) in [5, 5.41) is 14.5. The number of allylic oxidation sites excluding steroid dienone is 3. The van der Waals surface area contributed by atoms with E-state index in [9.17, 15) is 9.90 Å². The SMILES string of the molecule is CCOC(=O)N/N=C(/C)C1=CC[C@H]2[C@H]3CC=C4C[C@@H](O)CC[C@]4(C)[C@H]3CC[C@]12C. The van der Waals surface area contributed by atoms with Gasteiger partial charge in [0, 0.05) is 0 Å². The highest BCUT2D eigenvalue weighted by molar-refractivity contribution is 6.00. The summed E-state index contributed by atoms with van der Waals surface area (Å²) in [4.78, 5) is 11.6. The quantitative estimate of drug-likeness (QED) is 0.399. The van der Waals surface area contributed by atoms with Gasteiger partial charge in [-0.1, -0.05) is 31.6 Å². The van der Waals surface area contributed by atoms with Gasteiger partial charge in [0.15, 0.2) is 0 Å². The first-order valence-electron chi connectivity index (χ1n) is 11.3. The number of aliphatic hydroxyl groups excluding tert-OH is 1. The maximum Gasteiger partial charge on any atom is 0.427 e. The minimum atomic E-state index is -0.492. The summed E-state index contributed by atoms with van der Waals surface area (Å²) in [5.74, 6) is 2.04. The second-order valence-corrected chi connectivity index (χ2v) is 10.00. The number of amides is 1. The summed E-state index contributed by atoms with van der Waals surface area (Å²) < 4.78 is 4.93. The number of hydrazone groups is 1. The average molecular weight is 401 g/mol. The maximum atomic E-state index is 11.6. The van der Waals surface area contributed by atoms with Crippen molar-refractivity contribution in [1.82, 2.24) is 5.43 Å². The second-order valence-electron chi connectivity index (χ2n) is 10.00. The Morgan fingerprint density at radius 3 is 2.72 bits per heavy atom. The fourth-order valence-corrected chi connectivity index (χ4v) is 7.12. The van der Waals surface area contributed by atoms with E-state index < -0.39 is 6.09 Å². The Morgan fingerprint density at radius 1 is 1.21 bits per heavy atom. The number of hydrogen-bond acceptors (Lipinski definition) is 4. The Labute approximate surface area is 174 Å². The molecule has 0 aliphatic heterocycles. The predicted octanol–water partition coefficient (Wildman–Crippen LogP) is 4.97. The highest BCUT2D eigenvalue weighted by Crippen LogP contribution is 2.65. The van der Waals surface area contributed by atoms with Gasteiger partial charge in [0.2, 0.25) is 0 Å². The Hall–Kier alpha value is -1.62. The van der Waals surface area contributed by atoms with Gasteiger partial charge >= 0.3 is 6.09 Å². The molecule has 0 heterocycles. The van der Waals surface area contributed by atoms with E-state index in [2.05, 4.69) is 36.5 Å². The fourth-order valence-electron chi connectivity index (χ4n) is 7.12. The molecule has 0 bridgehead atoms. The van der Waals surface area contributed by atoms with Crippen LogP contribution in [-0.4, -0.2) is 29.6 Å². The van der Waals surface area contributed by atoms with E-state index in [1.807, 2.05) is 6.92 Å². The van der Waals surface area contributed by atoms with Crippen molar-refractivity contribution < 1.29 is 14.6 Å². The minimum Gasteiger partial charge on any atom is -0.449 e. The molecular weight excluding hydrogens is 364 g/mol. The van der Waals surface area contributed by atoms with E-state index in [0.29, 0.717) is 18.4 Å². The molecule has 0 aromatic carbocycles. The number of rotatable bonds is 3. The van der Waals surface area contributed by atoms with Gasteiger partial charge in [0.1, 0.15) is 0 Å². The lowest BCUT2D eigenvalue weighted by molar-refractivity contribution is -0.0279. The van der Waals surface area contributed by atoms with Gasteiger partial charge in [-0.15, -0.1) is 0 Å². The van der Waals surface area contributed by atoms with Crippen LogP contribution in [0.1, 0.15) is 72.6 Å². The van der Waals surface area contributed by atoms with Crippen molar-refractivity contribution in [2.45, 2.75) is 78.7 Å². The smallest absolute Gasteiger partial charge is 0.427 e. The number of hydrogen-bond donors (Lipinski definition) is 2. The molecule has 0 unspecified atom stereocenters. The first-order chi connectivity index (χ1) is 13.8. The van der Waals surface area contributed by atoms with Gasteiger partial charge in [-0.05, 0) is 93.0 Å². The fraction of sp³-hybridized carbons (Fsp3) is 0.750. The minimum absolute atomic E-state index is 0.126. The number of fused-ring (bicyclic) bond motifs is 5. The third-order valence-corrected chi connectivity index (χ3v) is 8.64. The molecule has 2 fully saturated rings. The first-order valence-corrected chi connectivity index (χ1v) is 11.3. The number of ether oxygens (including phenoxy) is 1. The summed E-state index contributed by atoms with van der Waals surface area (Å²) in [6.45, 7) is 9.00. The molecule has 29 heavy (non-hydrogen) atoms. The van der Waals surface area contributed by atoms with Crippen LogP contribution in [0.3, 0.4) is 0 Å². The van der Waals surface area contributed by atoms with Crippen molar-refractivity contribution in [3.05, 3.63) is 23.3 Å². The van der Waals surface area contributed by atoms with Crippen molar-refractivity contribution in [3.63, 3.8) is 0 Å². The van der Waals surface area contributed by atoms with Crippen molar-refractivity contribution >= 4 is 11.8 Å². The first kappa shape index (κ1) is 20.6. The molecule has 0 spiro atoms. The van der Waals surface area contributed by atoms with E-state index in [-0.39, 0.29) is 16.9 Å². The van der Waals surface area contributed by atoms with Crippen LogP contribution in [0, 0.1) is 28.6 Å². The predicted molar refractivity (Wildman–Crippen MR) is 114 cm³/mol. The standard InChI is InChI=1S/C24H36N2O3/c1-5-29-22(28)26-25-15(2)19-8-9-20-18-7-6-16-14-17(27)10-12-23(16,3)21(18)11-13-24(19,20)4/h6,8,17-18,20-21,27H,5,7,9-14H2,1-4H3,(H,26,28)/b25-15-/t17-,18+,20-,21-,23-,24+/m0/s1. The van der Waals surface area contributed by atoms with Crippen LogP contribution in [0.25, 0.3) is 0 Å². The van der Waals surface area contributed by atoms with E-state index in [4.69, 9.17) is 4.74 Å². The van der Waals surface area contributed by atoms with Crippen molar-refractivity contribution in [2.75, 3.05) is 6.61 Å². The lowest BCUT2D eigenvalue weighted by atomic mass is 9.47. The van der Waals surface area contributed by atoms with Crippen LogP contribution in [0.4, 0.5) is 4.79 Å². The summed E-state index contributed by atoms with van der Waals surface area (Å²) in [7, 11) is 0. The zero-order valence-corrected chi connectivity index (χ0v) is 18.3. The van der Waals surface area contributed by atoms with Crippen LogP contribution < -0.4 is 5.43 Å². The number of carbonyl (C=O) groups is 1. The summed E-state index contributed by atoms with van der Waals surface area (Å²) >= 11 is 0. The van der Waals surface area contributed by atoms with Crippen molar-refractivity contribution in [2.24, 2.45) is 33.7 Å². The van der Waals surface area contributed by atoms with Crippen molar-refractivity contribution in [1.29, 1.82) is 0 Å². The van der Waals surface area contributed by atoms with E-state index in [1.165, 1.54) is 24.0 Å². The lowest BCUT2D eigenvalue weighted by Gasteiger charge is -2.57. The van der Waals surface area contributed by atoms with E-state index in [1.54, 1.807) is 6.92 Å². The molecule has 1 amide bonds. The molecule has 0 saturated heterocycles. The zero-order valence-electron chi connectivity index (χ0n) is 18.3. The Balaban J connectivity index is 1.54. The third kappa shape index (κ3) is 3.35. The topological polar surface area (TPSA) is 70.9 Å². The van der Waals surface area contributed by atoms with Gasteiger partial charge in [-0.25, -0.2) is 10.2 Å². The highest BCUT2D eigenvalue weighted by Gasteiger charge is 2.56. The van der Waals surface area contributed by atoms with E-state index in [0.717, 1.165) is 43.7 Å². The molecule has 0 aromatic heterocycles. The molecule has 0 radical (unpaired) electrons. The highest BCUT2D eigenvalue weighted by atomic mass is 16.5. The third-order valence-electron chi connectivity index (χ3n) is 8.64. The molecule has 5 nitrogen and oxygen atoms in total. The number of carbonyl (C=O) groups excluding carboxylic acids is 1. The van der Waals surface area contributed by atoms with Gasteiger partial charge in [0.25, 0.3) is 0 Å². The van der Waals surface area contributed by atoms with E-state index >= 15 is 0 Å². The normalized spacial score (nSPS) is 41.5. The van der Waals surface area contributed by atoms with Gasteiger partial charge < -0.3 is 9.84 Å². The van der Waals surface area contributed by atoms with Crippen LogP contribution in [-0.2, 0) is 4.74 Å². The zero-order chi connectivity index (χ0) is 20.8. The van der Waals surface area contributed by atoms with Gasteiger partial charge in [-0.3, -0.25) is 0 Å². The number of nitrogens with one attached hydrogen (secondary N) is 1. The second kappa shape index (κ2) is 7.57. The van der Waals surface area contributed by atoms with Crippen LogP contribution in [0.5, 0.6) is 0 Å². The molecule has 5 heteroatoms. The lowest BCUT2D eigenvalue weighted by Crippen LogP contribution is -2.50. The molecule has 2 saturated carbocycles. The van der Waals surface area contributed by atoms with Crippen LogP contribution in [0.15, 0.2) is 28.4 Å².